The van der Waals surface area contributed by atoms with E-state index in [9.17, 15) is 9.59 Å². The number of nitrogens with one attached hydrogen (secondary N) is 2. The monoisotopic (exact) mass is 379 g/mol. The Morgan fingerprint density at radius 2 is 1.86 bits per heavy atom. The number of fused-ring (bicyclic) bond motifs is 3. The first-order chi connectivity index (χ1) is 14.1. The molecule has 140 valence electrons. The fourth-order valence-electron chi connectivity index (χ4n) is 4.16. The average molecular weight is 379 g/mol. The molecule has 2 aliphatic rings. The van der Waals surface area contributed by atoms with Crippen LogP contribution in [0.4, 0.5) is 11.5 Å². The van der Waals surface area contributed by atoms with Crippen molar-refractivity contribution in [1.29, 1.82) is 0 Å². The van der Waals surface area contributed by atoms with E-state index in [0.717, 1.165) is 22.3 Å². The van der Waals surface area contributed by atoms with Crippen molar-refractivity contribution >= 4 is 23.3 Å². The molecule has 5 heteroatoms. The average Bonchev–Trinajstić information content (AvgIpc) is 3.25. The highest BCUT2D eigenvalue weighted by Crippen LogP contribution is 2.46. The summed E-state index contributed by atoms with van der Waals surface area (Å²) in [4.78, 5) is 29.3. The minimum atomic E-state index is -0.609. The maximum Gasteiger partial charge on any atom is 0.300 e. The number of carbonyl (C=O) groups excluding carboxylic acids is 2. The summed E-state index contributed by atoms with van der Waals surface area (Å²) < 4.78 is 0. The second-order valence-electron chi connectivity index (χ2n) is 7.34. The van der Waals surface area contributed by atoms with E-state index in [-0.39, 0.29) is 11.8 Å². The molecule has 2 heterocycles. The van der Waals surface area contributed by atoms with Crippen molar-refractivity contribution in [3.63, 3.8) is 0 Å². The molecule has 5 rings (SSSR count). The Bertz CT molecular complexity index is 1210. The SMILES string of the molecule is O=C(C#Cc1ccccc1)Nc1ccc2c(c1)CC1(C2)C(=O)Nc2ncccc21. The Labute approximate surface area is 168 Å². The molecule has 0 fully saturated rings. The molecule has 0 radical (unpaired) electrons. The van der Waals surface area contributed by atoms with Gasteiger partial charge in [0.2, 0.25) is 5.91 Å². The van der Waals surface area contributed by atoms with Gasteiger partial charge in [0.15, 0.2) is 0 Å². The number of nitrogens with zero attached hydrogens (tertiary/aromatic N) is 1. The predicted octanol–water partition coefficient (Wildman–Crippen LogP) is 3.06. The topological polar surface area (TPSA) is 71.1 Å². The molecule has 0 saturated heterocycles. The van der Waals surface area contributed by atoms with Gasteiger partial charge in [-0.05, 0) is 54.3 Å². The molecule has 1 spiro atoms. The van der Waals surface area contributed by atoms with E-state index in [2.05, 4.69) is 27.5 Å². The fraction of sp³-hybridized carbons (Fsp3) is 0.125. The lowest BCUT2D eigenvalue weighted by atomic mass is 9.79. The first-order valence-corrected chi connectivity index (χ1v) is 9.41. The molecule has 3 aromatic rings. The third-order valence-corrected chi connectivity index (χ3v) is 5.53. The van der Waals surface area contributed by atoms with Crippen LogP contribution in [-0.4, -0.2) is 16.8 Å². The smallest absolute Gasteiger partial charge is 0.300 e. The van der Waals surface area contributed by atoms with Crippen LogP contribution in [0.1, 0.15) is 22.3 Å². The van der Waals surface area contributed by atoms with Crippen molar-refractivity contribution in [2.24, 2.45) is 0 Å². The van der Waals surface area contributed by atoms with Gasteiger partial charge in [0.25, 0.3) is 0 Å². The molecule has 29 heavy (non-hydrogen) atoms. The van der Waals surface area contributed by atoms with Gasteiger partial charge in [0, 0.05) is 28.9 Å². The Morgan fingerprint density at radius 1 is 1.03 bits per heavy atom. The van der Waals surface area contributed by atoms with E-state index >= 15 is 0 Å². The van der Waals surface area contributed by atoms with E-state index in [4.69, 9.17) is 0 Å². The van der Waals surface area contributed by atoms with Gasteiger partial charge >= 0.3 is 5.91 Å². The molecule has 0 saturated carbocycles. The summed E-state index contributed by atoms with van der Waals surface area (Å²) in [5, 5.41) is 5.73. The van der Waals surface area contributed by atoms with Crippen molar-refractivity contribution in [1.82, 2.24) is 4.98 Å². The Balaban J connectivity index is 1.37. The van der Waals surface area contributed by atoms with E-state index in [1.165, 1.54) is 0 Å². The highest BCUT2D eigenvalue weighted by Gasteiger charge is 2.51. The lowest BCUT2D eigenvalue weighted by Gasteiger charge is -2.20. The van der Waals surface area contributed by atoms with Crippen LogP contribution in [0.3, 0.4) is 0 Å². The maximum absolute atomic E-state index is 12.8. The number of benzene rings is 2. The number of rotatable bonds is 1. The van der Waals surface area contributed by atoms with Gasteiger partial charge in [-0.1, -0.05) is 36.3 Å². The third-order valence-electron chi connectivity index (χ3n) is 5.53. The Kier molecular flexibility index (Phi) is 3.92. The quantitative estimate of drug-likeness (QED) is 0.639. The highest BCUT2D eigenvalue weighted by molar-refractivity contribution is 6.07. The molecule has 2 N–H and O–H groups in total. The summed E-state index contributed by atoms with van der Waals surface area (Å²) >= 11 is 0. The summed E-state index contributed by atoms with van der Waals surface area (Å²) in [6, 6.07) is 19.0. The van der Waals surface area contributed by atoms with Crippen LogP contribution >= 0.6 is 0 Å². The second kappa shape index (κ2) is 6.61. The minimum Gasteiger partial charge on any atom is -0.315 e. The number of anilines is 2. The van der Waals surface area contributed by atoms with Gasteiger partial charge in [0.05, 0.1) is 5.41 Å². The van der Waals surface area contributed by atoms with Gasteiger partial charge in [0.1, 0.15) is 5.82 Å². The lowest BCUT2D eigenvalue weighted by molar-refractivity contribution is -0.120. The van der Waals surface area contributed by atoms with Crippen molar-refractivity contribution in [2.45, 2.75) is 18.3 Å². The largest absolute Gasteiger partial charge is 0.315 e. The molecule has 1 atom stereocenters. The highest BCUT2D eigenvalue weighted by atomic mass is 16.2. The Hall–Kier alpha value is -3.91. The molecule has 0 bridgehead atoms. The number of hydrogen-bond donors (Lipinski definition) is 2. The number of hydrogen-bond acceptors (Lipinski definition) is 3. The van der Waals surface area contributed by atoms with Crippen molar-refractivity contribution in [2.75, 3.05) is 10.6 Å². The van der Waals surface area contributed by atoms with Crippen molar-refractivity contribution in [3.05, 3.63) is 89.1 Å². The van der Waals surface area contributed by atoms with Gasteiger partial charge in [-0.3, -0.25) is 9.59 Å². The van der Waals surface area contributed by atoms with E-state index in [0.29, 0.717) is 24.3 Å². The van der Waals surface area contributed by atoms with Crippen LogP contribution in [0.2, 0.25) is 0 Å². The van der Waals surface area contributed by atoms with Crippen LogP contribution in [-0.2, 0) is 27.8 Å². The summed E-state index contributed by atoms with van der Waals surface area (Å²) in [5.74, 6) is 5.73. The van der Waals surface area contributed by atoms with Crippen LogP contribution < -0.4 is 10.6 Å². The number of amides is 2. The lowest BCUT2D eigenvalue weighted by Crippen LogP contribution is -2.35. The Morgan fingerprint density at radius 3 is 2.72 bits per heavy atom. The molecule has 1 aromatic heterocycles. The first-order valence-electron chi connectivity index (χ1n) is 9.41. The maximum atomic E-state index is 12.8. The van der Waals surface area contributed by atoms with Crippen LogP contribution in [0, 0.1) is 11.8 Å². The van der Waals surface area contributed by atoms with E-state index in [1.54, 1.807) is 6.20 Å². The summed E-state index contributed by atoms with van der Waals surface area (Å²) in [5.41, 5.74) is 3.98. The van der Waals surface area contributed by atoms with Gasteiger partial charge in [-0.25, -0.2) is 4.98 Å². The summed E-state index contributed by atoms with van der Waals surface area (Å²) in [7, 11) is 0. The third kappa shape index (κ3) is 2.95. The normalized spacial score (nSPS) is 18.4. The minimum absolute atomic E-state index is 0.0123. The zero-order valence-corrected chi connectivity index (χ0v) is 15.5. The van der Waals surface area contributed by atoms with Gasteiger partial charge in [-0.15, -0.1) is 0 Å². The molecular weight excluding hydrogens is 362 g/mol. The predicted molar refractivity (Wildman–Crippen MR) is 110 cm³/mol. The van der Waals surface area contributed by atoms with Gasteiger partial charge < -0.3 is 10.6 Å². The molecular formula is C24H17N3O2. The molecule has 1 aliphatic heterocycles. The van der Waals surface area contributed by atoms with Crippen LogP contribution in [0.15, 0.2) is 66.9 Å². The number of carbonyl (C=O) groups is 2. The van der Waals surface area contributed by atoms with Gasteiger partial charge in [-0.2, -0.15) is 0 Å². The van der Waals surface area contributed by atoms with E-state index in [1.807, 2.05) is 60.7 Å². The number of aromatic nitrogens is 1. The summed E-state index contributed by atoms with van der Waals surface area (Å²) in [6.45, 7) is 0. The van der Waals surface area contributed by atoms with Crippen molar-refractivity contribution in [3.8, 4) is 11.8 Å². The molecule has 2 aromatic carbocycles. The fourth-order valence-corrected chi connectivity index (χ4v) is 4.16. The summed E-state index contributed by atoms with van der Waals surface area (Å²) in [6.07, 6.45) is 2.91. The molecule has 1 unspecified atom stereocenters. The van der Waals surface area contributed by atoms with Crippen molar-refractivity contribution < 1.29 is 9.59 Å². The molecule has 2 amide bonds. The second-order valence-corrected chi connectivity index (χ2v) is 7.34. The van der Waals surface area contributed by atoms with Crippen LogP contribution in [0.5, 0.6) is 0 Å². The standard InChI is InChI=1S/C24H17N3O2/c28-21(11-8-16-5-2-1-3-6-16)26-19-10-9-17-14-24(15-18(17)13-19)20-7-4-12-25-22(20)27-23(24)29/h1-7,9-10,12-13H,14-15H2,(H,26,28)(H,25,27,29). The van der Waals surface area contributed by atoms with Crippen LogP contribution in [0.25, 0.3) is 0 Å². The van der Waals surface area contributed by atoms with E-state index < -0.39 is 5.41 Å². The molecule has 1 aliphatic carbocycles. The zero-order chi connectivity index (χ0) is 19.8. The number of pyridine rings is 1. The zero-order valence-electron chi connectivity index (χ0n) is 15.5. The first kappa shape index (κ1) is 17.2. The molecule has 5 nitrogen and oxygen atoms in total.